The minimum Gasteiger partial charge on any atom is -0.493 e. The molecule has 0 unspecified atom stereocenters. The standard InChI is InChI=1S/C19H20ClN3O3/c1-23(11-14-5-4-6-16(24-2)18(14)25-3)12-17-21-22-19(26-17)13-7-9-15(20)10-8-13/h4-10H,11-12H2,1-3H3. The number of aromatic nitrogens is 2. The van der Waals surface area contributed by atoms with Gasteiger partial charge in [0.05, 0.1) is 20.8 Å². The first kappa shape index (κ1) is 18.2. The maximum atomic E-state index is 5.90. The van der Waals surface area contributed by atoms with Crippen LogP contribution in [0.4, 0.5) is 0 Å². The van der Waals surface area contributed by atoms with Crippen molar-refractivity contribution < 1.29 is 13.9 Å². The average Bonchev–Trinajstić information content (AvgIpc) is 3.10. The van der Waals surface area contributed by atoms with Gasteiger partial charge in [0.15, 0.2) is 11.5 Å². The molecular formula is C19H20ClN3O3. The number of nitrogens with zero attached hydrogens (tertiary/aromatic N) is 3. The van der Waals surface area contributed by atoms with Gasteiger partial charge < -0.3 is 13.9 Å². The van der Waals surface area contributed by atoms with E-state index in [0.717, 1.165) is 16.9 Å². The van der Waals surface area contributed by atoms with E-state index in [0.29, 0.717) is 35.6 Å². The molecule has 0 aliphatic heterocycles. The highest BCUT2D eigenvalue weighted by Crippen LogP contribution is 2.31. The van der Waals surface area contributed by atoms with Crippen LogP contribution in [0.15, 0.2) is 46.9 Å². The average molecular weight is 374 g/mol. The number of ether oxygens (including phenoxy) is 2. The van der Waals surface area contributed by atoms with Crippen molar-refractivity contribution in [3.63, 3.8) is 0 Å². The molecule has 1 heterocycles. The molecule has 0 aliphatic rings. The van der Waals surface area contributed by atoms with Gasteiger partial charge in [0, 0.05) is 22.7 Å². The largest absolute Gasteiger partial charge is 0.493 e. The summed E-state index contributed by atoms with van der Waals surface area (Å²) in [6, 6.07) is 13.1. The zero-order valence-corrected chi connectivity index (χ0v) is 15.7. The second kappa shape index (κ2) is 8.21. The summed E-state index contributed by atoms with van der Waals surface area (Å²) in [6.07, 6.45) is 0. The third-order valence-electron chi connectivity index (χ3n) is 3.89. The fraction of sp³-hybridized carbons (Fsp3) is 0.263. The van der Waals surface area contributed by atoms with Crippen molar-refractivity contribution in [2.75, 3.05) is 21.3 Å². The second-order valence-electron chi connectivity index (χ2n) is 5.83. The molecule has 6 nitrogen and oxygen atoms in total. The summed E-state index contributed by atoms with van der Waals surface area (Å²) in [4.78, 5) is 2.07. The zero-order valence-electron chi connectivity index (χ0n) is 14.9. The lowest BCUT2D eigenvalue weighted by molar-refractivity contribution is 0.275. The molecule has 3 rings (SSSR count). The summed E-state index contributed by atoms with van der Waals surface area (Å²) in [5.41, 5.74) is 1.86. The van der Waals surface area contributed by atoms with E-state index in [9.17, 15) is 0 Å². The van der Waals surface area contributed by atoms with Gasteiger partial charge in [-0.1, -0.05) is 23.7 Å². The van der Waals surface area contributed by atoms with Crippen LogP contribution < -0.4 is 9.47 Å². The smallest absolute Gasteiger partial charge is 0.247 e. The molecule has 7 heteroatoms. The van der Waals surface area contributed by atoms with Gasteiger partial charge in [0.2, 0.25) is 11.8 Å². The van der Waals surface area contributed by atoms with Crippen LogP contribution in [0, 0.1) is 0 Å². The second-order valence-corrected chi connectivity index (χ2v) is 6.27. The maximum absolute atomic E-state index is 5.90. The number of hydrogen-bond donors (Lipinski definition) is 0. The Balaban J connectivity index is 1.69. The van der Waals surface area contributed by atoms with E-state index < -0.39 is 0 Å². The van der Waals surface area contributed by atoms with Crippen LogP contribution in [0.3, 0.4) is 0 Å². The predicted molar refractivity (Wildman–Crippen MR) is 99.5 cm³/mol. The number of hydrogen-bond acceptors (Lipinski definition) is 6. The monoisotopic (exact) mass is 373 g/mol. The Kier molecular flexibility index (Phi) is 5.75. The highest BCUT2D eigenvalue weighted by molar-refractivity contribution is 6.30. The molecule has 0 N–H and O–H groups in total. The molecule has 3 aromatic rings. The molecule has 1 aromatic heterocycles. The van der Waals surface area contributed by atoms with Gasteiger partial charge in [-0.25, -0.2) is 0 Å². The molecule has 2 aromatic carbocycles. The third kappa shape index (κ3) is 4.15. The van der Waals surface area contributed by atoms with Gasteiger partial charge in [-0.2, -0.15) is 0 Å². The molecule has 0 bridgehead atoms. The van der Waals surface area contributed by atoms with Crippen LogP contribution in [-0.2, 0) is 13.1 Å². The van der Waals surface area contributed by atoms with E-state index in [2.05, 4.69) is 15.1 Å². The Morgan fingerprint density at radius 2 is 1.77 bits per heavy atom. The van der Waals surface area contributed by atoms with Crippen molar-refractivity contribution in [2.45, 2.75) is 13.1 Å². The zero-order chi connectivity index (χ0) is 18.5. The summed E-state index contributed by atoms with van der Waals surface area (Å²) in [6.45, 7) is 1.17. The third-order valence-corrected chi connectivity index (χ3v) is 4.14. The Morgan fingerprint density at radius 3 is 2.46 bits per heavy atom. The van der Waals surface area contributed by atoms with Gasteiger partial charge in [0.1, 0.15) is 0 Å². The normalized spacial score (nSPS) is 11.0. The summed E-state index contributed by atoms with van der Waals surface area (Å²) < 4.78 is 16.6. The van der Waals surface area contributed by atoms with Crippen LogP contribution in [0.25, 0.3) is 11.5 Å². The molecule has 0 atom stereocenters. The fourth-order valence-electron chi connectivity index (χ4n) is 2.68. The maximum Gasteiger partial charge on any atom is 0.247 e. The Labute approximate surface area is 157 Å². The van der Waals surface area contributed by atoms with Crippen LogP contribution >= 0.6 is 11.6 Å². The minimum absolute atomic E-state index is 0.476. The summed E-state index contributed by atoms with van der Waals surface area (Å²) in [5.74, 6) is 2.46. The van der Waals surface area contributed by atoms with Crippen molar-refractivity contribution in [2.24, 2.45) is 0 Å². The SMILES string of the molecule is COc1cccc(CN(C)Cc2nnc(-c3ccc(Cl)cc3)o2)c1OC. The van der Waals surface area contributed by atoms with Crippen molar-refractivity contribution >= 4 is 11.6 Å². The lowest BCUT2D eigenvalue weighted by Gasteiger charge is -2.18. The molecule has 26 heavy (non-hydrogen) atoms. The van der Waals surface area contributed by atoms with E-state index in [1.165, 1.54) is 0 Å². The molecule has 0 saturated carbocycles. The summed E-state index contributed by atoms with van der Waals surface area (Å²) in [7, 11) is 5.24. The number of methoxy groups -OCH3 is 2. The fourth-order valence-corrected chi connectivity index (χ4v) is 2.81. The number of rotatable bonds is 7. The predicted octanol–water partition coefficient (Wildman–Crippen LogP) is 4.04. The van der Waals surface area contributed by atoms with Gasteiger partial charge in [-0.15, -0.1) is 10.2 Å². The van der Waals surface area contributed by atoms with E-state index in [-0.39, 0.29) is 0 Å². The minimum atomic E-state index is 0.476. The molecule has 0 fully saturated rings. The van der Waals surface area contributed by atoms with Crippen LogP contribution in [0.2, 0.25) is 5.02 Å². The first-order valence-corrected chi connectivity index (χ1v) is 8.45. The molecule has 0 saturated heterocycles. The van der Waals surface area contributed by atoms with Gasteiger partial charge in [-0.3, -0.25) is 4.90 Å². The van der Waals surface area contributed by atoms with Crippen molar-refractivity contribution in [3.8, 4) is 23.0 Å². The van der Waals surface area contributed by atoms with Gasteiger partial charge >= 0.3 is 0 Å². The van der Waals surface area contributed by atoms with Gasteiger partial charge in [-0.05, 0) is 37.4 Å². The van der Waals surface area contributed by atoms with E-state index in [1.54, 1.807) is 26.4 Å². The van der Waals surface area contributed by atoms with Crippen LogP contribution in [0.1, 0.15) is 11.5 Å². The summed E-state index contributed by atoms with van der Waals surface area (Å²) in [5, 5.41) is 8.90. The topological polar surface area (TPSA) is 60.6 Å². The van der Waals surface area contributed by atoms with Gasteiger partial charge in [0.25, 0.3) is 0 Å². The lowest BCUT2D eigenvalue weighted by Crippen LogP contribution is -2.18. The molecular weight excluding hydrogens is 354 g/mol. The van der Waals surface area contributed by atoms with Crippen molar-refractivity contribution in [3.05, 3.63) is 58.9 Å². The molecule has 0 aliphatic carbocycles. The van der Waals surface area contributed by atoms with Crippen molar-refractivity contribution in [1.82, 2.24) is 15.1 Å². The molecule has 136 valence electrons. The van der Waals surface area contributed by atoms with E-state index in [1.807, 2.05) is 37.4 Å². The van der Waals surface area contributed by atoms with E-state index >= 15 is 0 Å². The quantitative estimate of drug-likeness (QED) is 0.623. The number of para-hydroxylation sites is 1. The highest BCUT2D eigenvalue weighted by atomic mass is 35.5. The van der Waals surface area contributed by atoms with Crippen LogP contribution in [0.5, 0.6) is 11.5 Å². The Morgan fingerprint density at radius 1 is 1.00 bits per heavy atom. The summed E-state index contributed by atoms with van der Waals surface area (Å²) >= 11 is 5.90. The Hall–Kier alpha value is -2.57. The molecule has 0 spiro atoms. The highest BCUT2D eigenvalue weighted by Gasteiger charge is 2.14. The molecule has 0 radical (unpaired) electrons. The lowest BCUT2D eigenvalue weighted by atomic mass is 10.1. The van der Waals surface area contributed by atoms with E-state index in [4.69, 9.17) is 25.5 Å². The number of benzene rings is 2. The Bertz CT molecular complexity index is 865. The number of halogens is 1. The van der Waals surface area contributed by atoms with Crippen LogP contribution in [-0.4, -0.2) is 36.4 Å². The molecule has 0 amide bonds. The first-order chi connectivity index (χ1) is 12.6. The van der Waals surface area contributed by atoms with Crippen molar-refractivity contribution in [1.29, 1.82) is 0 Å². The first-order valence-electron chi connectivity index (χ1n) is 8.07.